The van der Waals surface area contributed by atoms with Gasteiger partial charge in [-0.15, -0.1) is 0 Å². The number of rotatable bonds is 1. The first-order valence-electron chi connectivity index (χ1n) is 6.20. The summed E-state index contributed by atoms with van der Waals surface area (Å²) in [5, 5.41) is 0. The summed E-state index contributed by atoms with van der Waals surface area (Å²) in [6.45, 7) is 2.83. The lowest BCUT2D eigenvalue weighted by Gasteiger charge is -2.30. The molecule has 1 aromatic carbocycles. The van der Waals surface area contributed by atoms with Gasteiger partial charge in [-0.05, 0) is 37.0 Å². The number of nitrogens with zero attached hydrogens (tertiary/aromatic N) is 1. The first-order chi connectivity index (χ1) is 8.77. The first-order valence-corrected chi connectivity index (χ1v) is 6.20. The largest absolute Gasteiger partial charge is 0.472 e. The zero-order valence-electron chi connectivity index (χ0n) is 10.3. The third kappa shape index (κ3) is 1.72. The number of hydrogen-bond donors (Lipinski definition) is 0. The lowest BCUT2D eigenvalue weighted by atomic mass is 9.98. The van der Waals surface area contributed by atoms with Crippen molar-refractivity contribution in [1.82, 2.24) is 0 Å². The summed E-state index contributed by atoms with van der Waals surface area (Å²) >= 11 is 0. The molecule has 18 heavy (non-hydrogen) atoms. The van der Waals surface area contributed by atoms with Crippen LogP contribution in [0.2, 0.25) is 0 Å². The molecule has 0 radical (unpaired) electrons. The summed E-state index contributed by atoms with van der Waals surface area (Å²) < 4.78 is 5.00. The second-order valence-electron chi connectivity index (χ2n) is 4.66. The van der Waals surface area contributed by atoms with Gasteiger partial charge in [-0.25, -0.2) is 0 Å². The Morgan fingerprint density at radius 2 is 2.22 bits per heavy atom. The minimum atomic E-state index is 0.0269. The van der Waals surface area contributed by atoms with Gasteiger partial charge in [0.1, 0.15) is 6.26 Å². The van der Waals surface area contributed by atoms with Crippen molar-refractivity contribution in [2.75, 3.05) is 11.4 Å². The van der Waals surface area contributed by atoms with Crippen LogP contribution < -0.4 is 4.90 Å². The fraction of sp³-hybridized carbons (Fsp3) is 0.267. The van der Waals surface area contributed by atoms with Gasteiger partial charge in [-0.1, -0.05) is 18.2 Å². The van der Waals surface area contributed by atoms with Crippen LogP contribution in [0, 0.1) is 6.92 Å². The number of carbonyl (C=O) groups is 1. The van der Waals surface area contributed by atoms with E-state index in [1.54, 1.807) is 6.07 Å². The average molecular weight is 241 g/mol. The Morgan fingerprint density at radius 3 is 3.00 bits per heavy atom. The summed E-state index contributed by atoms with van der Waals surface area (Å²) in [7, 11) is 0. The van der Waals surface area contributed by atoms with Crippen molar-refractivity contribution < 1.29 is 9.21 Å². The summed E-state index contributed by atoms with van der Waals surface area (Å²) in [5.74, 6) is 0.0269. The molecule has 2 aromatic rings. The molecule has 0 N–H and O–H groups in total. The standard InChI is InChI=1S/C15H15NO2/c1-11-4-2-5-12-6-3-8-16(14(11)12)15(17)13-7-9-18-10-13/h2,4-5,7,9-10H,3,6,8H2,1H3. The molecule has 0 unspecified atom stereocenters. The van der Waals surface area contributed by atoms with Gasteiger partial charge in [-0.2, -0.15) is 0 Å². The summed E-state index contributed by atoms with van der Waals surface area (Å²) in [6.07, 6.45) is 5.11. The number of aryl methyl sites for hydroxylation is 2. The number of carbonyl (C=O) groups excluding carboxylic acids is 1. The maximum absolute atomic E-state index is 12.4. The molecule has 3 rings (SSSR count). The number of benzene rings is 1. The van der Waals surface area contributed by atoms with E-state index in [-0.39, 0.29) is 5.91 Å². The smallest absolute Gasteiger partial charge is 0.261 e. The Bertz CT molecular complexity index is 572. The van der Waals surface area contributed by atoms with E-state index in [2.05, 4.69) is 25.1 Å². The van der Waals surface area contributed by atoms with E-state index in [1.807, 2.05) is 4.90 Å². The second-order valence-corrected chi connectivity index (χ2v) is 4.66. The zero-order chi connectivity index (χ0) is 12.5. The topological polar surface area (TPSA) is 33.5 Å². The molecular weight excluding hydrogens is 226 g/mol. The molecule has 2 heterocycles. The number of para-hydroxylation sites is 1. The molecule has 3 nitrogen and oxygen atoms in total. The van der Waals surface area contributed by atoms with Crippen LogP contribution >= 0.6 is 0 Å². The van der Waals surface area contributed by atoms with Crippen LogP contribution in [0.25, 0.3) is 0 Å². The predicted molar refractivity (Wildman–Crippen MR) is 69.9 cm³/mol. The molecule has 1 amide bonds. The molecule has 0 fully saturated rings. The quantitative estimate of drug-likeness (QED) is 0.768. The molecule has 0 saturated heterocycles. The van der Waals surface area contributed by atoms with Crippen LogP contribution in [-0.2, 0) is 6.42 Å². The molecule has 1 aliphatic heterocycles. The number of amides is 1. The van der Waals surface area contributed by atoms with Crippen LogP contribution in [-0.4, -0.2) is 12.5 Å². The van der Waals surface area contributed by atoms with Crippen LogP contribution in [0.3, 0.4) is 0 Å². The zero-order valence-corrected chi connectivity index (χ0v) is 10.3. The lowest BCUT2D eigenvalue weighted by Crippen LogP contribution is -2.35. The van der Waals surface area contributed by atoms with Gasteiger partial charge in [-0.3, -0.25) is 4.79 Å². The molecule has 0 atom stereocenters. The van der Waals surface area contributed by atoms with Crippen molar-refractivity contribution in [1.29, 1.82) is 0 Å². The summed E-state index contributed by atoms with van der Waals surface area (Å²) in [6, 6.07) is 7.94. The van der Waals surface area contributed by atoms with Crippen LogP contribution in [0.15, 0.2) is 41.2 Å². The van der Waals surface area contributed by atoms with Crippen LogP contribution in [0.5, 0.6) is 0 Å². The van der Waals surface area contributed by atoms with Gasteiger partial charge in [0.05, 0.1) is 17.5 Å². The lowest BCUT2D eigenvalue weighted by molar-refractivity contribution is 0.0984. The van der Waals surface area contributed by atoms with Gasteiger partial charge >= 0.3 is 0 Å². The van der Waals surface area contributed by atoms with Crippen molar-refractivity contribution >= 4 is 11.6 Å². The third-order valence-corrected chi connectivity index (χ3v) is 3.43. The van der Waals surface area contributed by atoms with Gasteiger partial charge in [0, 0.05) is 6.54 Å². The number of hydrogen-bond acceptors (Lipinski definition) is 2. The normalized spacial score (nSPS) is 14.4. The highest BCUT2D eigenvalue weighted by molar-refractivity contribution is 6.06. The maximum atomic E-state index is 12.4. The highest BCUT2D eigenvalue weighted by atomic mass is 16.3. The van der Waals surface area contributed by atoms with Crippen LogP contribution in [0.4, 0.5) is 5.69 Å². The Labute approximate surface area is 106 Å². The Balaban J connectivity index is 2.04. The van der Waals surface area contributed by atoms with Gasteiger partial charge in [0.15, 0.2) is 0 Å². The van der Waals surface area contributed by atoms with Gasteiger partial charge in [0.25, 0.3) is 5.91 Å². The predicted octanol–water partition coefficient (Wildman–Crippen LogP) is 3.18. The minimum absolute atomic E-state index is 0.0269. The Morgan fingerprint density at radius 1 is 1.33 bits per heavy atom. The van der Waals surface area contributed by atoms with E-state index < -0.39 is 0 Å². The van der Waals surface area contributed by atoms with Crippen molar-refractivity contribution in [3.05, 3.63) is 53.5 Å². The molecule has 0 bridgehead atoms. The first kappa shape index (κ1) is 11.1. The SMILES string of the molecule is Cc1cccc2c1N(C(=O)c1ccoc1)CCC2. The number of furan rings is 1. The third-order valence-electron chi connectivity index (χ3n) is 3.43. The summed E-state index contributed by atoms with van der Waals surface area (Å²) in [4.78, 5) is 14.3. The highest BCUT2D eigenvalue weighted by Gasteiger charge is 2.25. The van der Waals surface area contributed by atoms with Crippen molar-refractivity contribution in [2.45, 2.75) is 19.8 Å². The molecular formula is C15H15NO2. The van der Waals surface area contributed by atoms with E-state index in [1.165, 1.54) is 18.1 Å². The van der Waals surface area contributed by atoms with E-state index in [0.29, 0.717) is 5.56 Å². The van der Waals surface area contributed by atoms with E-state index in [4.69, 9.17) is 4.42 Å². The molecule has 1 aliphatic rings. The minimum Gasteiger partial charge on any atom is -0.472 e. The Hall–Kier alpha value is -2.03. The molecule has 3 heteroatoms. The average Bonchev–Trinajstić information content (AvgIpc) is 2.91. The van der Waals surface area contributed by atoms with Crippen molar-refractivity contribution in [3.8, 4) is 0 Å². The van der Waals surface area contributed by atoms with Gasteiger partial charge < -0.3 is 9.32 Å². The van der Waals surface area contributed by atoms with E-state index >= 15 is 0 Å². The fourth-order valence-electron chi connectivity index (χ4n) is 2.59. The molecule has 0 aliphatic carbocycles. The number of fused-ring (bicyclic) bond motifs is 1. The van der Waals surface area contributed by atoms with Crippen molar-refractivity contribution in [3.63, 3.8) is 0 Å². The fourth-order valence-corrected chi connectivity index (χ4v) is 2.59. The van der Waals surface area contributed by atoms with E-state index in [0.717, 1.165) is 30.6 Å². The monoisotopic (exact) mass is 241 g/mol. The second kappa shape index (κ2) is 4.33. The molecule has 92 valence electrons. The maximum Gasteiger partial charge on any atom is 0.261 e. The van der Waals surface area contributed by atoms with Gasteiger partial charge in [0.2, 0.25) is 0 Å². The molecule has 0 saturated carbocycles. The Kier molecular flexibility index (Phi) is 2.67. The van der Waals surface area contributed by atoms with Crippen molar-refractivity contribution in [2.24, 2.45) is 0 Å². The molecule has 0 spiro atoms. The van der Waals surface area contributed by atoms with E-state index in [9.17, 15) is 4.79 Å². The number of anilines is 1. The summed E-state index contributed by atoms with van der Waals surface area (Å²) in [5.41, 5.74) is 4.11. The van der Waals surface area contributed by atoms with Crippen LogP contribution in [0.1, 0.15) is 27.9 Å². The highest BCUT2D eigenvalue weighted by Crippen LogP contribution is 2.31. The molecule has 1 aromatic heterocycles.